The molecule has 0 atom stereocenters. The highest BCUT2D eigenvalue weighted by Crippen LogP contribution is 2.21. The van der Waals surface area contributed by atoms with E-state index in [1.807, 2.05) is 11.4 Å². The number of thiophene rings is 1. The Labute approximate surface area is 113 Å². The smallest absolute Gasteiger partial charge is 0.167 e. The molecule has 0 bridgehead atoms. The normalized spacial score (nSPS) is 9.84. The number of benzene rings is 1. The standard InChI is InChI=1S/C14H11F2NOS/c15-11-3-4-14(13(16)7-11)18-8-12-6-10(9-19-12)2-1-5-17/h3-4,6-7,9H,5,8,17H2. The Hall–Kier alpha value is -1.90. The van der Waals surface area contributed by atoms with Gasteiger partial charge in [-0.05, 0) is 18.2 Å². The van der Waals surface area contributed by atoms with Gasteiger partial charge in [-0.1, -0.05) is 11.8 Å². The van der Waals surface area contributed by atoms with Gasteiger partial charge in [0.2, 0.25) is 0 Å². The van der Waals surface area contributed by atoms with E-state index in [1.165, 1.54) is 17.4 Å². The summed E-state index contributed by atoms with van der Waals surface area (Å²) >= 11 is 1.46. The largest absolute Gasteiger partial charge is 0.485 e. The van der Waals surface area contributed by atoms with Crippen LogP contribution in [0.25, 0.3) is 0 Å². The predicted octanol–water partition coefficient (Wildman–Crippen LogP) is 2.92. The molecule has 0 unspecified atom stereocenters. The summed E-state index contributed by atoms with van der Waals surface area (Å²) < 4.78 is 31.3. The first-order valence-electron chi connectivity index (χ1n) is 5.53. The minimum Gasteiger partial charge on any atom is -0.485 e. The molecule has 2 nitrogen and oxygen atoms in total. The minimum atomic E-state index is -0.709. The van der Waals surface area contributed by atoms with Crippen LogP contribution in [0.1, 0.15) is 10.4 Å². The summed E-state index contributed by atoms with van der Waals surface area (Å²) in [4.78, 5) is 0.907. The molecule has 1 heterocycles. The molecule has 0 saturated heterocycles. The fraction of sp³-hybridized carbons (Fsp3) is 0.143. The molecule has 0 radical (unpaired) electrons. The van der Waals surface area contributed by atoms with Gasteiger partial charge < -0.3 is 10.5 Å². The van der Waals surface area contributed by atoms with Crippen molar-refractivity contribution < 1.29 is 13.5 Å². The zero-order chi connectivity index (χ0) is 13.7. The summed E-state index contributed by atoms with van der Waals surface area (Å²) in [5, 5.41) is 1.88. The van der Waals surface area contributed by atoms with Crippen LogP contribution in [-0.2, 0) is 6.61 Å². The molecule has 1 aromatic heterocycles. The Morgan fingerprint density at radius 1 is 1.26 bits per heavy atom. The fourth-order valence-corrected chi connectivity index (χ4v) is 2.14. The van der Waals surface area contributed by atoms with Gasteiger partial charge in [0.05, 0.1) is 6.54 Å². The topological polar surface area (TPSA) is 35.2 Å². The second-order valence-electron chi connectivity index (χ2n) is 3.67. The Morgan fingerprint density at radius 2 is 2.11 bits per heavy atom. The number of hydrogen-bond acceptors (Lipinski definition) is 3. The predicted molar refractivity (Wildman–Crippen MR) is 70.9 cm³/mol. The first-order valence-corrected chi connectivity index (χ1v) is 6.41. The van der Waals surface area contributed by atoms with E-state index >= 15 is 0 Å². The molecule has 2 N–H and O–H groups in total. The van der Waals surface area contributed by atoms with Crippen LogP contribution in [0.15, 0.2) is 29.6 Å². The summed E-state index contributed by atoms with van der Waals surface area (Å²) in [7, 11) is 0. The van der Waals surface area contributed by atoms with Crippen molar-refractivity contribution in [2.75, 3.05) is 6.54 Å². The molecular formula is C14H11F2NOS. The summed E-state index contributed by atoms with van der Waals surface area (Å²) in [6.45, 7) is 0.528. The molecule has 0 aliphatic rings. The van der Waals surface area contributed by atoms with Crippen molar-refractivity contribution in [2.45, 2.75) is 6.61 Å². The zero-order valence-electron chi connectivity index (χ0n) is 9.95. The molecule has 1 aromatic carbocycles. The maximum absolute atomic E-state index is 13.3. The molecular weight excluding hydrogens is 268 g/mol. The molecule has 0 amide bonds. The second kappa shape index (κ2) is 6.32. The number of ether oxygens (including phenoxy) is 1. The van der Waals surface area contributed by atoms with E-state index in [1.54, 1.807) is 0 Å². The van der Waals surface area contributed by atoms with Crippen LogP contribution in [0, 0.1) is 23.5 Å². The van der Waals surface area contributed by atoms with Gasteiger partial charge in [-0.25, -0.2) is 8.78 Å². The Kier molecular flexibility index (Phi) is 4.50. The maximum atomic E-state index is 13.3. The third-order valence-corrected chi connectivity index (χ3v) is 3.16. The first-order chi connectivity index (χ1) is 9.19. The lowest BCUT2D eigenvalue weighted by atomic mass is 10.3. The molecule has 2 rings (SSSR count). The molecule has 0 saturated carbocycles. The average Bonchev–Trinajstić information content (AvgIpc) is 2.83. The number of halogens is 2. The van der Waals surface area contributed by atoms with Gasteiger partial charge >= 0.3 is 0 Å². The molecule has 0 spiro atoms. The van der Waals surface area contributed by atoms with Gasteiger partial charge in [-0.15, -0.1) is 11.3 Å². The second-order valence-corrected chi connectivity index (χ2v) is 4.67. The average molecular weight is 279 g/mol. The van der Waals surface area contributed by atoms with Crippen molar-refractivity contribution in [3.8, 4) is 17.6 Å². The summed E-state index contributed by atoms with van der Waals surface area (Å²) in [5.74, 6) is 4.35. The molecule has 98 valence electrons. The lowest BCUT2D eigenvalue weighted by Gasteiger charge is -2.05. The number of rotatable bonds is 3. The van der Waals surface area contributed by atoms with Crippen LogP contribution in [0.4, 0.5) is 8.78 Å². The Balaban J connectivity index is 2.00. The number of nitrogens with two attached hydrogens (primary N) is 1. The molecule has 2 aromatic rings. The van der Waals surface area contributed by atoms with Crippen LogP contribution < -0.4 is 10.5 Å². The van der Waals surface area contributed by atoms with E-state index in [0.717, 1.165) is 22.6 Å². The van der Waals surface area contributed by atoms with Crippen LogP contribution in [0.3, 0.4) is 0 Å². The van der Waals surface area contributed by atoms with Crippen LogP contribution in [0.2, 0.25) is 0 Å². The lowest BCUT2D eigenvalue weighted by molar-refractivity contribution is 0.292. The van der Waals surface area contributed by atoms with E-state index in [-0.39, 0.29) is 12.4 Å². The molecule has 5 heteroatoms. The zero-order valence-corrected chi connectivity index (χ0v) is 10.8. The quantitative estimate of drug-likeness (QED) is 0.877. The molecule has 19 heavy (non-hydrogen) atoms. The number of hydrogen-bond donors (Lipinski definition) is 1. The van der Waals surface area contributed by atoms with Gasteiger partial charge in [-0.3, -0.25) is 0 Å². The van der Waals surface area contributed by atoms with Crippen molar-refractivity contribution in [2.24, 2.45) is 5.73 Å². The Morgan fingerprint density at radius 3 is 2.84 bits per heavy atom. The summed E-state index contributed by atoms with van der Waals surface area (Å²) in [6.07, 6.45) is 0. The van der Waals surface area contributed by atoms with E-state index in [0.29, 0.717) is 6.54 Å². The molecule has 0 aliphatic carbocycles. The summed E-state index contributed by atoms with van der Waals surface area (Å²) in [6, 6.07) is 5.08. The summed E-state index contributed by atoms with van der Waals surface area (Å²) in [5.41, 5.74) is 6.13. The van der Waals surface area contributed by atoms with Crippen LogP contribution in [-0.4, -0.2) is 6.54 Å². The van der Waals surface area contributed by atoms with Crippen LogP contribution in [0.5, 0.6) is 5.75 Å². The third-order valence-electron chi connectivity index (χ3n) is 2.25. The van der Waals surface area contributed by atoms with Gasteiger partial charge in [0.15, 0.2) is 11.6 Å². The van der Waals surface area contributed by atoms with E-state index in [2.05, 4.69) is 11.8 Å². The third kappa shape index (κ3) is 3.78. The lowest BCUT2D eigenvalue weighted by Crippen LogP contribution is -1.96. The van der Waals surface area contributed by atoms with E-state index in [9.17, 15) is 8.78 Å². The van der Waals surface area contributed by atoms with Crippen LogP contribution >= 0.6 is 11.3 Å². The highest BCUT2D eigenvalue weighted by atomic mass is 32.1. The van der Waals surface area contributed by atoms with E-state index in [4.69, 9.17) is 10.5 Å². The van der Waals surface area contributed by atoms with Gasteiger partial charge in [0.1, 0.15) is 12.4 Å². The van der Waals surface area contributed by atoms with Gasteiger partial charge in [0, 0.05) is 21.9 Å². The monoisotopic (exact) mass is 279 g/mol. The molecule has 0 fully saturated rings. The van der Waals surface area contributed by atoms with Crippen molar-refractivity contribution in [1.29, 1.82) is 0 Å². The SMILES string of the molecule is NCC#Cc1csc(COc2ccc(F)cc2F)c1. The van der Waals surface area contributed by atoms with Crippen molar-refractivity contribution in [1.82, 2.24) is 0 Å². The fourth-order valence-electron chi connectivity index (χ4n) is 1.42. The van der Waals surface area contributed by atoms with Gasteiger partial charge in [-0.2, -0.15) is 0 Å². The van der Waals surface area contributed by atoms with Crippen molar-refractivity contribution in [3.05, 3.63) is 51.7 Å². The van der Waals surface area contributed by atoms with Crippen molar-refractivity contribution in [3.63, 3.8) is 0 Å². The van der Waals surface area contributed by atoms with Crippen molar-refractivity contribution >= 4 is 11.3 Å². The molecule has 0 aliphatic heterocycles. The first kappa shape index (κ1) is 13.5. The highest BCUT2D eigenvalue weighted by molar-refractivity contribution is 7.10. The Bertz CT molecular complexity index is 628. The van der Waals surface area contributed by atoms with E-state index < -0.39 is 11.6 Å². The minimum absolute atomic E-state index is 0.0318. The highest BCUT2D eigenvalue weighted by Gasteiger charge is 2.06. The van der Waals surface area contributed by atoms with Gasteiger partial charge in [0.25, 0.3) is 0 Å². The maximum Gasteiger partial charge on any atom is 0.167 e.